The van der Waals surface area contributed by atoms with Crippen LogP contribution in [0.3, 0.4) is 0 Å². The largest absolute Gasteiger partial charge is 0.326 e. The van der Waals surface area contributed by atoms with Crippen molar-refractivity contribution in [1.82, 2.24) is 9.55 Å². The van der Waals surface area contributed by atoms with Crippen LogP contribution in [0.4, 0.5) is 0 Å². The van der Waals surface area contributed by atoms with Crippen molar-refractivity contribution in [2.24, 2.45) is 11.7 Å². The summed E-state index contributed by atoms with van der Waals surface area (Å²) in [4.78, 5) is 4.63. The van der Waals surface area contributed by atoms with Gasteiger partial charge in [-0.05, 0) is 37.8 Å². The summed E-state index contributed by atoms with van der Waals surface area (Å²) in [6.45, 7) is 3.09. The van der Waals surface area contributed by atoms with Crippen LogP contribution in [0.1, 0.15) is 31.6 Å². The second kappa shape index (κ2) is 3.59. The number of nitrogens with two attached hydrogens (primary N) is 1. The van der Waals surface area contributed by atoms with Gasteiger partial charge in [-0.1, -0.05) is 12.1 Å². The van der Waals surface area contributed by atoms with Crippen LogP contribution in [0.15, 0.2) is 24.3 Å². The summed E-state index contributed by atoms with van der Waals surface area (Å²) >= 11 is 0. The Morgan fingerprint density at radius 3 is 2.88 bits per heavy atom. The maximum absolute atomic E-state index is 5.99. The third-order valence-corrected chi connectivity index (χ3v) is 3.23. The zero-order chi connectivity index (χ0) is 11.1. The van der Waals surface area contributed by atoms with Crippen LogP contribution >= 0.6 is 0 Å². The molecule has 1 aromatic carbocycles. The van der Waals surface area contributed by atoms with Crippen molar-refractivity contribution in [3.63, 3.8) is 0 Å². The molecule has 1 fully saturated rings. The smallest absolute Gasteiger partial charge is 0.126 e. The molecule has 1 unspecified atom stereocenters. The second-order valence-corrected chi connectivity index (χ2v) is 4.80. The van der Waals surface area contributed by atoms with Crippen molar-refractivity contribution in [3.05, 3.63) is 30.1 Å². The molecule has 0 spiro atoms. The molecule has 3 nitrogen and oxygen atoms in total. The first-order valence-electron chi connectivity index (χ1n) is 5.96. The molecule has 3 rings (SSSR count). The van der Waals surface area contributed by atoms with Gasteiger partial charge in [0.1, 0.15) is 5.82 Å². The van der Waals surface area contributed by atoms with Crippen LogP contribution < -0.4 is 5.73 Å². The Kier molecular flexibility index (Phi) is 2.21. The van der Waals surface area contributed by atoms with Crippen molar-refractivity contribution in [1.29, 1.82) is 0 Å². The van der Waals surface area contributed by atoms with E-state index in [0.29, 0.717) is 0 Å². The monoisotopic (exact) mass is 215 g/mol. The Morgan fingerprint density at radius 1 is 1.44 bits per heavy atom. The summed E-state index contributed by atoms with van der Waals surface area (Å²) in [7, 11) is 0. The quantitative estimate of drug-likeness (QED) is 0.854. The molecule has 1 heterocycles. The zero-order valence-electron chi connectivity index (χ0n) is 9.56. The van der Waals surface area contributed by atoms with Gasteiger partial charge in [0.15, 0.2) is 0 Å². The van der Waals surface area contributed by atoms with Gasteiger partial charge in [0.25, 0.3) is 0 Å². The topological polar surface area (TPSA) is 43.8 Å². The Labute approximate surface area is 95.3 Å². The molecular formula is C13H17N3. The highest BCUT2D eigenvalue weighted by atomic mass is 15.1. The van der Waals surface area contributed by atoms with E-state index < -0.39 is 0 Å². The number of aromatic nitrogens is 2. The lowest BCUT2D eigenvalue weighted by Gasteiger charge is -2.10. The molecule has 0 radical (unpaired) electrons. The highest BCUT2D eigenvalue weighted by Gasteiger charge is 2.24. The maximum Gasteiger partial charge on any atom is 0.126 e. The van der Waals surface area contributed by atoms with Gasteiger partial charge in [-0.15, -0.1) is 0 Å². The average Bonchev–Trinajstić information content (AvgIpc) is 3.00. The summed E-state index contributed by atoms with van der Waals surface area (Å²) in [5, 5.41) is 0. The molecule has 1 aliphatic carbocycles. The lowest BCUT2D eigenvalue weighted by molar-refractivity contribution is 0.581. The predicted molar refractivity (Wildman–Crippen MR) is 65.1 cm³/mol. The number of nitrogens with zero attached hydrogens (tertiary/aromatic N) is 2. The zero-order valence-corrected chi connectivity index (χ0v) is 9.56. The van der Waals surface area contributed by atoms with E-state index in [1.54, 1.807) is 0 Å². The lowest BCUT2D eigenvalue weighted by atomic mass is 10.3. The minimum atomic E-state index is 0.00569. The minimum Gasteiger partial charge on any atom is -0.326 e. The Balaban J connectivity index is 2.14. The third-order valence-electron chi connectivity index (χ3n) is 3.23. The van der Waals surface area contributed by atoms with Gasteiger partial charge in [0.2, 0.25) is 0 Å². The van der Waals surface area contributed by atoms with Crippen LogP contribution in [0, 0.1) is 5.92 Å². The summed E-state index contributed by atoms with van der Waals surface area (Å²) in [6, 6.07) is 8.30. The molecule has 0 bridgehead atoms. The molecule has 1 aromatic heterocycles. The summed E-state index contributed by atoms with van der Waals surface area (Å²) < 4.78 is 2.30. The molecular weight excluding hydrogens is 198 g/mol. The van der Waals surface area contributed by atoms with Crippen LogP contribution in [0.2, 0.25) is 0 Å². The Bertz CT molecular complexity index is 509. The van der Waals surface area contributed by atoms with E-state index in [2.05, 4.69) is 27.8 Å². The number of fused-ring (bicyclic) bond motifs is 1. The molecule has 0 saturated heterocycles. The SMILES string of the molecule is CC(N)c1nc2ccccc2n1CC1CC1. The van der Waals surface area contributed by atoms with Crippen LogP contribution in [0.25, 0.3) is 11.0 Å². The van der Waals surface area contributed by atoms with E-state index in [9.17, 15) is 0 Å². The first kappa shape index (κ1) is 9.85. The maximum atomic E-state index is 5.99. The number of imidazole rings is 1. The number of rotatable bonds is 3. The van der Waals surface area contributed by atoms with Crippen molar-refractivity contribution in [3.8, 4) is 0 Å². The molecule has 1 atom stereocenters. The third kappa shape index (κ3) is 1.61. The first-order valence-corrected chi connectivity index (χ1v) is 5.96. The number of para-hydroxylation sites is 2. The fraction of sp³-hybridized carbons (Fsp3) is 0.462. The predicted octanol–water partition coefficient (Wildman–Crippen LogP) is 2.47. The molecule has 2 N–H and O–H groups in total. The molecule has 84 valence electrons. The summed E-state index contributed by atoms with van der Waals surface area (Å²) in [5.74, 6) is 1.86. The van der Waals surface area contributed by atoms with Crippen molar-refractivity contribution in [2.45, 2.75) is 32.4 Å². The molecule has 16 heavy (non-hydrogen) atoms. The highest BCUT2D eigenvalue weighted by Crippen LogP contribution is 2.33. The minimum absolute atomic E-state index is 0.00569. The van der Waals surface area contributed by atoms with Gasteiger partial charge < -0.3 is 10.3 Å². The van der Waals surface area contributed by atoms with Crippen LogP contribution in [0.5, 0.6) is 0 Å². The molecule has 1 saturated carbocycles. The molecule has 0 amide bonds. The van der Waals surface area contributed by atoms with Gasteiger partial charge in [0.05, 0.1) is 17.1 Å². The first-order chi connectivity index (χ1) is 7.75. The highest BCUT2D eigenvalue weighted by molar-refractivity contribution is 5.76. The lowest BCUT2D eigenvalue weighted by Crippen LogP contribution is -2.14. The van der Waals surface area contributed by atoms with E-state index in [0.717, 1.165) is 23.8 Å². The van der Waals surface area contributed by atoms with E-state index in [-0.39, 0.29) is 6.04 Å². The Morgan fingerprint density at radius 2 is 2.19 bits per heavy atom. The summed E-state index contributed by atoms with van der Waals surface area (Å²) in [5.41, 5.74) is 8.28. The average molecular weight is 215 g/mol. The van der Waals surface area contributed by atoms with Crippen LogP contribution in [-0.2, 0) is 6.54 Å². The van der Waals surface area contributed by atoms with Gasteiger partial charge in [0, 0.05) is 6.54 Å². The van der Waals surface area contributed by atoms with Gasteiger partial charge in [-0.2, -0.15) is 0 Å². The standard InChI is InChI=1S/C13H17N3/c1-9(14)13-15-11-4-2-3-5-12(11)16(13)8-10-6-7-10/h2-5,9-10H,6-8,14H2,1H3. The molecule has 0 aliphatic heterocycles. The number of benzene rings is 1. The van der Waals surface area contributed by atoms with E-state index in [4.69, 9.17) is 5.73 Å². The molecule has 2 aromatic rings. The Hall–Kier alpha value is -1.35. The van der Waals surface area contributed by atoms with E-state index >= 15 is 0 Å². The number of hydrogen-bond acceptors (Lipinski definition) is 2. The van der Waals surface area contributed by atoms with E-state index in [1.807, 2.05) is 13.0 Å². The summed E-state index contributed by atoms with van der Waals surface area (Å²) in [6.07, 6.45) is 2.70. The number of hydrogen-bond donors (Lipinski definition) is 1. The van der Waals surface area contributed by atoms with Gasteiger partial charge in [-0.25, -0.2) is 4.98 Å². The van der Waals surface area contributed by atoms with Crippen molar-refractivity contribution >= 4 is 11.0 Å². The van der Waals surface area contributed by atoms with E-state index in [1.165, 1.54) is 18.4 Å². The fourth-order valence-corrected chi connectivity index (χ4v) is 2.19. The van der Waals surface area contributed by atoms with Gasteiger partial charge in [-0.3, -0.25) is 0 Å². The fourth-order valence-electron chi connectivity index (χ4n) is 2.19. The van der Waals surface area contributed by atoms with Crippen molar-refractivity contribution < 1.29 is 0 Å². The van der Waals surface area contributed by atoms with Crippen LogP contribution in [-0.4, -0.2) is 9.55 Å². The van der Waals surface area contributed by atoms with Gasteiger partial charge >= 0.3 is 0 Å². The second-order valence-electron chi connectivity index (χ2n) is 4.80. The van der Waals surface area contributed by atoms with Crippen molar-refractivity contribution in [2.75, 3.05) is 0 Å². The molecule has 1 aliphatic rings. The normalized spacial score (nSPS) is 17.9. The molecule has 3 heteroatoms.